The van der Waals surface area contributed by atoms with Gasteiger partial charge >= 0.3 is 0 Å². The lowest BCUT2D eigenvalue weighted by Gasteiger charge is -2.48. The molecule has 0 bridgehead atoms. The SMILES string of the molecule is CN=C(NCC(=O)Nc1ccc(F)c(F)c1F)NCC1(N2CCOCC2)CCCCC1.I. The zero-order valence-corrected chi connectivity index (χ0v) is 20.5. The predicted octanol–water partition coefficient (Wildman–Crippen LogP) is 2.86. The van der Waals surface area contributed by atoms with Crippen molar-refractivity contribution in [2.75, 3.05) is 51.8 Å². The van der Waals surface area contributed by atoms with Crippen molar-refractivity contribution in [3.05, 3.63) is 29.6 Å². The fourth-order valence-corrected chi connectivity index (χ4v) is 4.30. The number of anilines is 1. The zero-order valence-electron chi connectivity index (χ0n) is 18.2. The molecule has 0 spiro atoms. The van der Waals surface area contributed by atoms with Crippen molar-refractivity contribution in [1.82, 2.24) is 15.5 Å². The first-order valence-corrected chi connectivity index (χ1v) is 10.7. The molecule has 3 N–H and O–H groups in total. The second kappa shape index (κ2) is 12.6. The number of rotatable bonds is 6. The number of benzene rings is 1. The quantitative estimate of drug-likeness (QED) is 0.213. The van der Waals surface area contributed by atoms with E-state index in [-0.39, 0.29) is 36.1 Å². The normalized spacial score (nSPS) is 19.1. The van der Waals surface area contributed by atoms with Crippen molar-refractivity contribution in [2.24, 2.45) is 4.99 Å². The van der Waals surface area contributed by atoms with Crippen molar-refractivity contribution in [2.45, 2.75) is 37.6 Å². The Kier molecular flexibility index (Phi) is 10.5. The standard InChI is InChI=1S/C21H30F3N5O2.HI/c1-25-20(26-13-17(30)28-16-6-5-15(22)18(23)19(16)24)27-14-21(7-3-2-4-8-21)29-9-11-31-12-10-29;/h5-6H,2-4,7-14H2,1H3,(H,28,30)(H2,25,26,27);1H. The first-order chi connectivity index (χ1) is 14.9. The molecule has 0 atom stereocenters. The molecule has 2 aliphatic rings. The van der Waals surface area contributed by atoms with E-state index in [2.05, 4.69) is 25.8 Å². The van der Waals surface area contributed by atoms with Crippen LogP contribution in [0.5, 0.6) is 0 Å². The smallest absolute Gasteiger partial charge is 0.243 e. The Morgan fingerprint density at radius 1 is 1.09 bits per heavy atom. The highest BCUT2D eigenvalue weighted by Crippen LogP contribution is 2.33. The Bertz CT molecular complexity index is 800. The van der Waals surface area contributed by atoms with E-state index in [4.69, 9.17) is 4.74 Å². The molecule has 2 fully saturated rings. The molecule has 1 saturated carbocycles. The van der Waals surface area contributed by atoms with E-state index >= 15 is 0 Å². The van der Waals surface area contributed by atoms with Gasteiger partial charge in [-0.3, -0.25) is 14.7 Å². The summed E-state index contributed by atoms with van der Waals surface area (Å²) >= 11 is 0. The second-order valence-electron chi connectivity index (χ2n) is 7.93. The second-order valence-corrected chi connectivity index (χ2v) is 7.93. The van der Waals surface area contributed by atoms with Crippen molar-refractivity contribution >= 4 is 41.5 Å². The summed E-state index contributed by atoms with van der Waals surface area (Å²) in [5.41, 5.74) is -0.390. The average Bonchev–Trinajstić information content (AvgIpc) is 2.81. The summed E-state index contributed by atoms with van der Waals surface area (Å²) in [4.78, 5) is 18.8. The van der Waals surface area contributed by atoms with Crippen LogP contribution < -0.4 is 16.0 Å². The van der Waals surface area contributed by atoms with Crippen LogP contribution in [-0.4, -0.2) is 68.7 Å². The molecule has 11 heteroatoms. The van der Waals surface area contributed by atoms with Crippen LogP contribution in [0, 0.1) is 17.5 Å². The van der Waals surface area contributed by atoms with E-state index in [0.29, 0.717) is 12.5 Å². The van der Waals surface area contributed by atoms with E-state index in [1.165, 1.54) is 19.3 Å². The van der Waals surface area contributed by atoms with Crippen molar-refractivity contribution < 1.29 is 22.7 Å². The number of hydrogen-bond acceptors (Lipinski definition) is 4. The maximum Gasteiger partial charge on any atom is 0.243 e. The lowest BCUT2D eigenvalue weighted by atomic mass is 9.80. The van der Waals surface area contributed by atoms with E-state index in [1.807, 2.05) is 0 Å². The van der Waals surface area contributed by atoms with Crippen LogP contribution in [0.4, 0.5) is 18.9 Å². The molecule has 0 unspecified atom stereocenters. The van der Waals surface area contributed by atoms with Crippen molar-refractivity contribution in [3.63, 3.8) is 0 Å². The maximum atomic E-state index is 13.7. The van der Waals surface area contributed by atoms with Gasteiger partial charge in [-0.05, 0) is 25.0 Å². The van der Waals surface area contributed by atoms with E-state index in [9.17, 15) is 18.0 Å². The molecule has 7 nitrogen and oxygen atoms in total. The number of amides is 1. The first kappa shape index (κ1) is 26.7. The van der Waals surface area contributed by atoms with Crippen LogP contribution in [0.15, 0.2) is 17.1 Å². The van der Waals surface area contributed by atoms with Crippen LogP contribution in [0.3, 0.4) is 0 Å². The molecule has 1 amide bonds. The molecular weight excluding hydrogens is 538 g/mol. The summed E-state index contributed by atoms with van der Waals surface area (Å²) in [6, 6.07) is 1.74. The predicted molar refractivity (Wildman–Crippen MR) is 128 cm³/mol. The van der Waals surface area contributed by atoms with Gasteiger partial charge in [0.15, 0.2) is 23.4 Å². The lowest BCUT2D eigenvalue weighted by Crippen LogP contribution is -2.60. The van der Waals surface area contributed by atoms with Gasteiger partial charge in [0.1, 0.15) is 0 Å². The molecule has 32 heavy (non-hydrogen) atoms. The lowest BCUT2D eigenvalue weighted by molar-refractivity contribution is -0.115. The third kappa shape index (κ3) is 6.70. The number of aliphatic imine (C=N–C) groups is 1. The molecule has 0 radical (unpaired) electrons. The molecule has 180 valence electrons. The van der Waals surface area contributed by atoms with Crippen molar-refractivity contribution in [1.29, 1.82) is 0 Å². The van der Waals surface area contributed by atoms with Gasteiger partial charge in [-0.15, -0.1) is 24.0 Å². The molecule has 0 aromatic heterocycles. The number of ether oxygens (including phenoxy) is 1. The topological polar surface area (TPSA) is 78.0 Å². The van der Waals surface area contributed by atoms with Gasteiger partial charge in [-0.25, -0.2) is 13.2 Å². The Labute approximate surface area is 203 Å². The molecule has 1 aromatic rings. The maximum absolute atomic E-state index is 13.7. The minimum Gasteiger partial charge on any atom is -0.379 e. The number of halogens is 4. The molecule has 1 aliphatic heterocycles. The highest BCUT2D eigenvalue weighted by Gasteiger charge is 2.38. The fraction of sp³-hybridized carbons (Fsp3) is 0.619. The Balaban J connectivity index is 0.00000363. The first-order valence-electron chi connectivity index (χ1n) is 10.7. The van der Waals surface area contributed by atoms with Crippen LogP contribution in [0.2, 0.25) is 0 Å². The van der Waals surface area contributed by atoms with Crippen LogP contribution >= 0.6 is 24.0 Å². The largest absolute Gasteiger partial charge is 0.379 e. The highest BCUT2D eigenvalue weighted by molar-refractivity contribution is 14.0. The van der Waals surface area contributed by atoms with E-state index in [0.717, 1.165) is 51.3 Å². The summed E-state index contributed by atoms with van der Waals surface area (Å²) in [6.07, 6.45) is 5.76. The average molecular weight is 569 g/mol. The van der Waals surface area contributed by atoms with Crippen LogP contribution in [0.1, 0.15) is 32.1 Å². The van der Waals surface area contributed by atoms with Gasteiger partial charge in [-0.2, -0.15) is 0 Å². The van der Waals surface area contributed by atoms with Gasteiger partial charge in [0.25, 0.3) is 0 Å². The fourth-order valence-electron chi connectivity index (χ4n) is 4.30. The van der Waals surface area contributed by atoms with Gasteiger partial charge in [-0.1, -0.05) is 19.3 Å². The number of carbonyl (C=O) groups excluding carboxylic acids is 1. The van der Waals surface area contributed by atoms with Gasteiger partial charge in [0, 0.05) is 32.2 Å². The third-order valence-corrected chi connectivity index (χ3v) is 6.00. The third-order valence-electron chi connectivity index (χ3n) is 6.00. The number of hydrogen-bond donors (Lipinski definition) is 3. The number of nitrogens with one attached hydrogen (secondary N) is 3. The summed E-state index contributed by atoms with van der Waals surface area (Å²) in [5, 5.41) is 8.44. The zero-order chi connectivity index (χ0) is 22.3. The molecule has 1 saturated heterocycles. The van der Waals surface area contributed by atoms with Gasteiger partial charge in [0.05, 0.1) is 25.4 Å². The van der Waals surface area contributed by atoms with Crippen LogP contribution in [0.25, 0.3) is 0 Å². The van der Waals surface area contributed by atoms with Gasteiger partial charge < -0.3 is 20.7 Å². The summed E-state index contributed by atoms with van der Waals surface area (Å²) in [7, 11) is 1.60. The molecule has 1 aliphatic carbocycles. The van der Waals surface area contributed by atoms with Gasteiger partial charge in [0.2, 0.25) is 5.91 Å². The minimum absolute atomic E-state index is 0. The Hall–Kier alpha value is -1.60. The Morgan fingerprint density at radius 3 is 2.44 bits per heavy atom. The molecule has 1 aromatic carbocycles. The summed E-state index contributed by atoms with van der Waals surface area (Å²) in [5.74, 6) is -4.52. The van der Waals surface area contributed by atoms with E-state index < -0.39 is 29.0 Å². The Morgan fingerprint density at radius 2 is 1.78 bits per heavy atom. The summed E-state index contributed by atoms with van der Waals surface area (Å²) < 4.78 is 45.6. The molecule has 3 rings (SSSR count). The number of guanidine groups is 1. The van der Waals surface area contributed by atoms with Crippen molar-refractivity contribution in [3.8, 4) is 0 Å². The monoisotopic (exact) mass is 569 g/mol. The minimum atomic E-state index is -1.62. The highest BCUT2D eigenvalue weighted by atomic mass is 127. The van der Waals surface area contributed by atoms with E-state index in [1.54, 1.807) is 7.05 Å². The summed E-state index contributed by atoms with van der Waals surface area (Å²) in [6.45, 7) is 3.74. The number of morpholine rings is 1. The van der Waals surface area contributed by atoms with Crippen LogP contribution in [-0.2, 0) is 9.53 Å². The number of nitrogens with zero attached hydrogens (tertiary/aromatic N) is 2. The molecular formula is C21H31F3IN5O2. The number of carbonyl (C=O) groups is 1. The molecule has 1 heterocycles.